The Hall–Kier alpha value is -2.35. The van der Waals surface area contributed by atoms with E-state index in [1.165, 1.54) is 69.1 Å². The van der Waals surface area contributed by atoms with Crippen molar-refractivity contribution in [1.82, 2.24) is 4.57 Å². The number of pyridine rings is 1. The zero-order valence-corrected chi connectivity index (χ0v) is 12.7. The van der Waals surface area contributed by atoms with Gasteiger partial charge in [-0.15, -0.1) is 0 Å². The number of rotatable bonds is 0. The average Bonchev–Trinajstić information content (AvgIpc) is 2.97. The van der Waals surface area contributed by atoms with Gasteiger partial charge in [0.2, 0.25) is 0 Å². The minimum atomic E-state index is 1.04. The van der Waals surface area contributed by atoms with Crippen LogP contribution in [-0.4, -0.2) is 4.57 Å². The summed E-state index contributed by atoms with van der Waals surface area (Å²) in [7, 11) is 0. The number of hydrogen-bond acceptors (Lipinski definition) is 0. The van der Waals surface area contributed by atoms with E-state index in [4.69, 9.17) is 0 Å². The molecule has 0 bridgehead atoms. The zero-order valence-electron chi connectivity index (χ0n) is 12.7. The smallest absolute Gasteiger partial charge is 0.222 e. The predicted octanol–water partition coefficient (Wildman–Crippen LogP) is 3.69. The van der Waals surface area contributed by atoms with Crippen molar-refractivity contribution in [1.29, 1.82) is 0 Å². The highest BCUT2D eigenvalue weighted by Gasteiger charge is 2.34. The van der Waals surface area contributed by atoms with Crippen LogP contribution < -0.4 is 4.40 Å². The van der Waals surface area contributed by atoms with E-state index in [0.717, 1.165) is 6.54 Å². The third kappa shape index (κ3) is 1.07. The molecule has 2 aromatic carbocycles. The Labute approximate surface area is 128 Å². The first kappa shape index (κ1) is 11.2. The summed E-state index contributed by atoms with van der Waals surface area (Å²) in [6, 6.07) is 13.7. The lowest BCUT2D eigenvalue weighted by molar-refractivity contribution is -0.488. The second-order valence-corrected chi connectivity index (χ2v) is 6.78. The number of aryl methyl sites for hydroxylation is 2. The molecule has 2 heteroatoms. The SMILES string of the molecule is Cc1c2[n+]3c4c(cccc4c4cccc5c4c3n1C5)CCC2. The Balaban J connectivity index is 2.09. The molecule has 0 atom stereocenters. The molecule has 22 heavy (non-hydrogen) atoms. The molecule has 0 amide bonds. The van der Waals surface area contributed by atoms with Crippen molar-refractivity contribution in [2.75, 3.05) is 0 Å². The molecule has 2 aromatic heterocycles. The summed E-state index contributed by atoms with van der Waals surface area (Å²) in [5.41, 5.74) is 8.87. The standard InChI is InChI=1S/C20H17N2/c1-12-17-10-4-6-13-5-2-9-16-15-8-3-7-14-11-21(12)20(18(14)15)22(17)19(13)16/h2-3,5,7-9H,4,6,10-11H2,1H3/q+1. The Morgan fingerprint density at radius 2 is 1.77 bits per heavy atom. The van der Waals surface area contributed by atoms with Gasteiger partial charge in [0, 0.05) is 35.2 Å². The van der Waals surface area contributed by atoms with E-state index >= 15 is 0 Å². The van der Waals surface area contributed by atoms with Gasteiger partial charge in [0.1, 0.15) is 17.8 Å². The lowest BCUT2D eigenvalue weighted by atomic mass is 9.99. The molecule has 0 unspecified atom stereocenters. The summed E-state index contributed by atoms with van der Waals surface area (Å²) in [6.07, 6.45) is 3.64. The van der Waals surface area contributed by atoms with E-state index in [1.807, 2.05) is 0 Å². The molecule has 4 heterocycles. The van der Waals surface area contributed by atoms with E-state index < -0.39 is 0 Å². The molecule has 4 aromatic rings. The highest BCUT2D eigenvalue weighted by molar-refractivity contribution is 6.12. The van der Waals surface area contributed by atoms with Crippen molar-refractivity contribution in [2.45, 2.75) is 32.7 Å². The maximum absolute atomic E-state index is 2.59. The van der Waals surface area contributed by atoms with E-state index in [1.54, 1.807) is 0 Å². The molecule has 0 radical (unpaired) electrons. The molecular formula is C20H17N2+. The first-order chi connectivity index (χ1) is 10.8. The molecule has 0 N–H and O–H groups in total. The van der Waals surface area contributed by atoms with Gasteiger partial charge in [-0.2, -0.15) is 4.40 Å². The molecule has 106 valence electrons. The highest BCUT2D eigenvalue weighted by Crippen LogP contribution is 2.37. The zero-order chi connectivity index (χ0) is 14.4. The van der Waals surface area contributed by atoms with Crippen LogP contribution in [0.4, 0.5) is 0 Å². The normalized spacial score (nSPS) is 15.7. The third-order valence-corrected chi connectivity index (χ3v) is 5.76. The molecule has 6 rings (SSSR count). The first-order valence-electron chi connectivity index (χ1n) is 8.23. The molecule has 0 saturated heterocycles. The minimum Gasteiger partial charge on any atom is -0.222 e. The van der Waals surface area contributed by atoms with E-state index in [0.29, 0.717) is 0 Å². The second kappa shape index (κ2) is 3.52. The van der Waals surface area contributed by atoms with Gasteiger partial charge < -0.3 is 0 Å². The molecule has 2 aliphatic heterocycles. The average molecular weight is 285 g/mol. The number of benzene rings is 2. The summed E-state index contributed by atoms with van der Waals surface area (Å²) < 4.78 is 5.13. The Bertz CT molecular complexity index is 1130. The second-order valence-electron chi connectivity index (χ2n) is 6.78. The van der Waals surface area contributed by atoms with Gasteiger partial charge in [-0.3, -0.25) is 0 Å². The number of hydrogen-bond donors (Lipinski definition) is 0. The number of imidazole rings is 1. The van der Waals surface area contributed by atoms with E-state index in [9.17, 15) is 0 Å². The maximum atomic E-state index is 2.59. The predicted molar refractivity (Wildman–Crippen MR) is 88.5 cm³/mol. The fraction of sp³-hybridized carbons (Fsp3) is 0.250. The topological polar surface area (TPSA) is 9.03 Å². The van der Waals surface area contributed by atoms with Crippen molar-refractivity contribution in [3.8, 4) is 0 Å². The lowest BCUT2D eigenvalue weighted by Gasteiger charge is -2.06. The van der Waals surface area contributed by atoms with Crippen molar-refractivity contribution in [2.24, 2.45) is 0 Å². The number of nitrogens with zero attached hydrogens (tertiary/aromatic N) is 2. The van der Waals surface area contributed by atoms with Crippen LogP contribution in [0.1, 0.15) is 28.9 Å². The van der Waals surface area contributed by atoms with Crippen molar-refractivity contribution < 1.29 is 4.40 Å². The summed E-state index contributed by atoms with van der Waals surface area (Å²) in [6.45, 7) is 3.34. The van der Waals surface area contributed by atoms with E-state index in [-0.39, 0.29) is 0 Å². The van der Waals surface area contributed by atoms with Gasteiger partial charge in [0.15, 0.2) is 5.69 Å². The van der Waals surface area contributed by atoms with Gasteiger partial charge >= 0.3 is 0 Å². The van der Waals surface area contributed by atoms with Crippen LogP contribution in [0.2, 0.25) is 0 Å². The largest absolute Gasteiger partial charge is 0.295 e. The van der Waals surface area contributed by atoms with Crippen LogP contribution in [0.25, 0.3) is 27.3 Å². The molecular weight excluding hydrogens is 268 g/mol. The molecule has 0 saturated carbocycles. The van der Waals surface area contributed by atoms with E-state index in [2.05, 4.69) is 52.3 Å². The van der Waals surface area contributed by atoms with Gasteiger partial charge in [-0.05, 0) is 12.8 Å². The molecule has 0 aliphatic carbocycles. The minimum absolute atomic E-state index is 1.04. The summed E-state index contributed by atoms with van der Waals surface area (Å²) >= 11 is 0. The Kier molecular flexibility index (Phi) is 1.80. The van der Waals surface area contributed by atoms with Crippen LogP contribution >= 0.6 is 0 Å². The van der Waals surface area contributed by atoms with Crippen LogP contribution in [-0.2, 0) is 19.4 Å². The highest BCUT2D eigenvalue weighted by atomic mass is 15.2. The molecule has 2 aliphatic rings. The summed E-state index contributed by atoms with van der Waals surface area (Å²) in [5, 5.41) is 4.33. The first-order valence-corrected chi connectivity index (χ1v) is 8.23. The molecule has 0 fully saturated rings. The van der Waals surface area contributed by atoms with Gasteiger partial charge in [-0.1, -0.05) is 36.4 Å². The number of aromatic nitrogens is 2. The number of para-hydroxylation sites is 1. The quantitative estimate of drug-likeness (QED) is 0.303. The van der Waals surface area contributed by atoms with Crippen LogP contribution in [0.15, 0.2) is 36.4 Å². The fourth-order valence-electron chi connectivity index (χ4n) is 4.81. The fourth-order valence-corrected chi connectivity index (χ4v) is 4.81. The van der Waals surface area contributed by atoms with Crippen LogP contribution in [0.3, 0.4) is 0 Å². The van der Waals surface area contributed by atoms with Crippen LogP contribution in [0, 0.1) is 6.92 Å². The van der Waals surface area contributed by atoms with Crippen LogP contribution in [0.5, 0.6) is 0 Å². The van der Waals surface area contributed by atoms with Gasteiger partial charge in [0.05, 0.1) is 5.39 Å². The monoisotopic (exact) mass is 285 g/mol. The molecule has 2 nitrogen and oxygen atoms in total. The molecule has 0 spiro atoms. The Morgan fingerprint density at radius 1 is 0.955 bits per heavy atom. The van der Waals surface area contributed by atoms with Crippen molar-refractivity contribution >= 4 is 27.3 Å². The third-order valence-electron chi connectivity index (χ3n) is 5.76. The lowest BCUT2D eigenvalue weighted by Crippen LogP contribution is -2.26. The summed E-state index contributed by atoms with van der Waals surface area (Å²) in [4.78, 5) is 0. The van der Waals surface area contributed by atoms with Crippen molar-refractivity contribution in [3.05, 3.63) is 58.9 Å². The Morgan fingerprint density at radius 3 is 2.68 bits per heavy atom. The number of fused-ring (bicyclic) bond motifs is 1. The maximum Gasteiger partial charge on any atom is 0.295 e. The van der Waals surface area contributed by atoms with Gasteiger partial charge in [0.25, 0.3) is 5.65 Å². The van der Waals surface area contributed by atoms with Gasteiger partial charge in [-0.25, -0.2) is 4.57 Å². The van der Waals surface area contributed by atoms with Crippen molar-refractivity contribution in [3.63, 3.8) is 0 Å². The summed E-state index contributed by atoms with van der Waals surface area (Å²) in [5.74, 6) is 0.